The van der Waals surface area contributed by atoms with Crippen LogP contribution < -0.4 is 0 Å². The van der Waals surface area contributed by atoms with E-state index in [1.165, 1.54) is 37.8 Å². The van der Waals surface area contributed by atoms with Gasteiger partial charge in [0.1, 0.15) is 23.3 Å². The fraction of sp³-hybridized carbons (Fsp3) is 0.455. The van der Waals surface area contributed by atoms with Gasteiger partial charge in [-0.25, -0.2) is 17.6 Å². The SMILES string of the molecule is C=CCCc1c(F)cc(C#Cc2c(F)cc(C3CCC4CC(CC/C=C/C)CCC4C3)cc2F)cc1F. The maximum atomic E-state index is 15.0. The van der Waals surface area contributed by atoms with Gasteiger partial charge in [-0.15, -0.1) is 6.58 Å². The van der Waals surface area contributed by atoms with Gasteiger partial charge >= 0.3 is 0 Å². The molecule has 0 spiro atoms. The first-order valence-corrected chi connectivity index (χ1v) is 13.6. The molecule has 196 valence electrons. The quantitative estimate of drug-likeness (QED) is 0.198. The van der Waals surface area contributed by atoms with Gasteiger partial charge in [-0.05, 0) is 118 Å². The molecule has 0 bridgehead atoms. The third kappa shape index (κ3) is 6.75. The molecule has 2 aliphatic rings. The van der Waals surface area contributed by atoms with Crippen LogP contribution in [0.25, 0.3) is 0 Å². The minimum absolute atomic E-state index is 0.0379. The van der Waals surface area contributed by atoms with E-state index < -0.39 is 23.3 Å². The summed E-state index contributed by atoms with van der Waals surface area (Å²) in [5, 5.41) is 0. The fourth-order valence-corrected chi connectivity index (χ4v) is 6.29. The van der Waals surface area contributed by atoms with Crippen LogP contribution in [0, 0.1) is 52.9 Å². The van der Waals surface area contributed by atoms with Gasteiger partial charge in [0.2, 0.25) is 0 Å². The maximum Gasteiger partial charge on any atom is 0.142 e. The Morgan fingerprint density at radius 2 is 1.51 bits per heavy atom. The Balaban J connectivity index is 1.44. The van der Waals surface area contributed by atoms with Crippen LogP contribution in [-0.2, 0) is 6.42 Å². The topological polar surface area (TPSA) is 0 Å². The first kappa shape index (κ1) is 27.2. The summed E-state index contributed by atoms with van der Waals surface area (Å²) < 4.78 is 58.5. The summed E-state index contributed by atoms with van der Waals surface area (Å²) in [7, 11) is 0. The van der Waals surface area contributed by atoms with E-state index in [9.17, 15) is 17.6 Å². The van der Waals surface area contributed by atoms with E-state index in [0.717, 1.165) is 49.7 Å². The molecule has 0 radical (unpaired) electrons. The lowest BCUT2D eigenvalue weighted by Crippen LogP contribution is -2.30. The summed E-state index contributed by atoms with van der Waals surface area (Å²) in [6.45, 7) is 5.62. The predicted octanol–water partition coefficient (Wildman–Crippen LogP) is 9.42. The van der Waals surface area contributed by atoms with Crippen LogP contribution >= 0.6 is 0 Å². The Labute approximate surface area is 218 Å². The molecule has 4 atom stereocenters. The third-order valence-electron chi connectivity index (χ3n) is 8.31. The Hall–Kier alpha value is -2.80. The van der Waals surface area contributed by atoms with Crippen molar-refractivity contribution in [3.8, 4) is 11.8 Å². The van der Waals surface area contributed by atoms with Crippen molar-refractivity contribution in [2.75, 3.05) is 0 Å². The molecule has 2 aromatic rings. The highest BCUT2D eigenvalue weighted by Gasteiger charge is 2.36. The van der Waals surface area contributed by atoms with Crippen molar-refractivity contribution in [3.63, 3.8) is 0 Å². The van der Waals surface area contributed by atoms with Gasteiger partial charge in [0.25, 0.3) is 0 Å². The van der Waals surface area contributed by atoms with Gasteiger partial charge in [-0.1, -0.05) is 36.5 Å². The number of allylic oxidation sites excluding steroid dienone is 3. The second kappa shape index (κ2) is 12.6. The Bertz CT molecular complexity index is 1150. The molecule has 4 rings (SSSR count). The van der Waals surface area contributed by atoms with Gasteiger partial charge < -0.3 is 0 Å². The van der Waals surface area contributed by atoms with E-state index in [2.05, 4.69) is 37.5 Å². The summed E-state index contributed by atoms with van der Waals surface area (Å²) in [5.41, 5.74) is 0.331. The first-order chi connectivity index (χ1) is 17.9. The lowest BCUT2D eigenvalue weighted by atomic mass is 9.63. The summed E-state index contributed by atoms with van der Waals surface area (Å²) in [6.07, 6.45) is 15.8. The minimum atomic E-state index is -0.721. The number of benzene rings is 2. The molecule has 37 heavy (non-hydrogen) atoms. The van der Waals surface area contributed by atoms with Crippen LogP contribution in [0.4, 0.5) is 17.6 Å². The highest BCUT2D eigenvalue weighted by Crippen LogP contribution is 2.48. The standard InChI is InChI=1S/C33H36F4/c1-3-5-7-8-22-10-12-25-19-26(14-13-24(25)16-22)27-20-32(36)29(33(37)21-27)15-11-23-17-30(34)28(9-6-4-2)31(35)18-23/h3-5,17-18,20-22,24-26H,2,6-10,12-14,16,19H2,1H3/b5-3+. The molecule has 0 heterocycles. The van der Waals surface area contributed by atoms with E-state index in [-0.39, 0.29) is 29.0 Å². The highest BCUT2D eigenvalue weighted by atomic mass is 19.1. The van der Waals surface area contributed by atoms with E-state index in [4.69, 9.17) is 0 Å². The lowest BCUT2D eigenvalue weighted by molar-refractivity contribution is 0.115. The minimum Gasteiger partial charge on any atom is -0.207 e. The molecule has 4 unspecified atom stereocenters. The summed E-state index contributed by atoms with van der Waals surface area (Å²) >= 11 is 0. The first-order valence-electron chi connectivity index (χ1n) is 13.6. The largest absolute Gasteiger partial charge is 0.207 e. The van der Waals surface area contributed by atoms with Crippen molar-refractivity contribution < 1.29 is 17.6 Å². The molecule has 0 amide bonds. The maximum absolute atomic E-state index is 15.0. The van der Waals surface area contributed by atoms with Crippen molar-refractivity contribution in [3.05, 3.63) is 94.6 Å². The zero-order valence-corrected chi connectivity index (χ0v) is 21.6. The van der Waals surface area contributed by atoms with Crippen molar-refractivity contribution in [1.82, 2.24) is 0 Å². The Morgan fingerprint density at radius 1 is 0.838 bits per heavy atom. The third-order valence-corrected chi connectivity index (χ3v) is 8.31. The summed E-state index contributed by atoms with van der Waals surface area (Å²) in [4.78, 5) is 0. The number of halogens is 4. The number of hydrogen-bond acceptors (Lipinski definition) is 0. The number of fused-ring (bicyclic) bond motifs is 1. The molecular weight excluding hydrogens is 472 g/mol. The molecule has 0 aromatic heterocycles. The molecular formula is C33H36F4. The average molecular weight is 509 g/mol. The van der Waals surface area contributed by atoms with E-state index in [1.807, 2.05) is 0 Å². The van der Waals surface area contributed by atoms with Gasteiger partial charge in [0.05, 0.1) is 5.56 Å². The Kier molecular flexibility index (Phi) is 9.30. The van der Waals surface area contributed by atoms with Crippen LogP contribution in [-0.4, -0.2) is 0 Å². The predicted molar refractivity (Wildman–Crippen MR) is 142 cm³/mol. The van der Waals surface area contributed by atoms with Gasteiger partial charge in [-0.3, -0.25) is 0 Å². The van der Waals surface area contributed by atoms with Crippen LogP contribution in [0.15, 0.2) is 49.1 Å². The van der Waals surface area contributed by atoms with Crippen LogP contribution in [0.2, 0.25) is 0 Å². The van der Waals surface area contributed by atoms with Crippen molar-refractivity contribution in [1.29, 1.82) is 0 Å². The molecule has 0 nitrogen and oxygen atoms in total. The second-order valence-electron chi connectivity index (χ2n) is 10.7. The molecule has 2 saturated carbocycles. The van der Waals surface area contributed by atoms with Crippen molar-refractivity contribution in [2.45, 2.75) is 77.0 Å². The monoisotopic (exact) mass is 508 g/mol. The van der Waals surface area contributed by atoms with Crippen molar-refractivity contribution >= 4 is 0 Å². The average Bonchev–Trinajstić information content (AvgIpc) is 2.87. The van der Waals surface area contributed by atoms with Gasteiger partial charge in [0.15, 0.2) is 0 Å². The van der Waals surface area contributed by atoms with Gasteiger partial charge in [-0.2, -0.15) is 0 Å². The normalized spacial score (nSPS) is 23.4. The summed E-state index contributed by atoms with van der Waals surface area (Å²) in [5.74, 6) is 4.42. The van der Waals surface area contributed by atoms with Crippen molar-refractivity contribution in [2.24, 2.45) is 17.8 Å². The number of rotatable bonds is 7. The Morgan fingerprint density at radius 3 is 2.19 bits per heavy atom. The zero-order chi connectivity index (χ0) is 26.4. The van der Waals surface area contributed by atoms with Crippen LogP contribution in [0.3, 0.4) is 0 Å². The molecule has 0 N–H and O–H groups in total. The number of hydrogen-bond donors (Lipinski definition) is 0. The van der Waals surface area contributed by atoms with E-state index >= 15 is 0 Å². The molecule has 0 saturated heterocycles. The second-order valence-corrected chi connectivity index (χ2v) is 10.7. The molecule has 2 aliphatic carbocycles. The van der Waals surface area contributed by atoms with E-state index in [1.54, 1.807) is 6.08 Å². The van der Waals surface area contributed by atoms with Crippen LogP contribution in [0.5, 0.6) is 0 Å². The fourth-order valence-electron chi connectivity index (χ4n) is 6.29. The summed E-state index contributed by atoms with van der Waals surface area (Å²) in [6, 6.07) is 5.01. The molecule has 4 heteroatoms. The van der Waals surface area contributed by atoms with Gasteiger partial charge in [0, 0.05) is 11.1 Å². The lowest BCUT2D eigenvalue weighted by Gasteiger charge is -2.42. The molecule has 2 fully saturated rings. The van der Waals surface area contributed by atoms with E-state index in [0.29, 0.717) is 17.9 Å². The van der Waals surface area contributed by atoms with Crippen LogP contribution in [0.1, 0.15) is 92.9 Å². The molecule has 0 aliphatic heterocycles. The zero-order valence-electron chi connectivity index (χ0n) is 21.6. The highest BCUT2D eigenvalue weighted by molar-refractivity contribution is 5.46. The molecule has 2 aromatic carbocycles. The smallest absolute Gasteiger partial charge is 0.142 e.